The van der Waals surface area contributed by atoms with E-state index < -0.39 is 0 Å². The average Bonchev–Trinajstić information content (AvgIpc) is 2.94. The minimum Gasteiger partial charge on any atom is -0.272 e. The van der Waals surface area contributed by atoms with Gasteiger partial charge in [0.25, 0.3) is 0 Å². The van der Waals surface area contributed by atoms with Crippen LogP contribution >= 0.6 is 11.8 Å². The lowest BCUT2D eigenvalue weighted by atomic mass is 10.2. The van der Waals surface area contributed by atoms with Crippen LogP contribution in [0.3, 0.4) is 0 Å². The van der Waals surface area contributed by atoms with Crippen molar-refractivity contribution >= 4 is 22.7 Å². The van der Waals surface area contributed by atoms with Crippen LogP contribution < -0.4 is 0 Å². The van der Waals surface area contributed by atoms with Gasteiger partial charge >= 0.3 is 0 Å². The van der Waals surface area contributed by atoms with E-state index in [0.717, 1.165) is 10.5 Å². The molecule has 2 heterocycles. The summed E-state index contributed by atoms with van der Waals surface area (Å²) in [5, 5.41) is 2.30. The largest absolute Gasteiger partial charge is 0.272 e. The van der Waals surface area contributed by atoms with E-state index in [9.17, 15) is 0 Å². The average molecular weight is 303 g/mol. The Morgan fingerprint density at radius 2 is 1.50 bits per heavy atom. The maximum Gasteiger partial charge on any atom is 0.234 e. The molecule has 0 radical (unpaired) electrons. The monoisotopic (exact) mass is 303 g/mol. The second-order valence-electron chi connectivity index (χ2n) is 4.84. The molecular weight excluding hydrogens is 290 g/mol. The second kappa shape index (κ2) is 5.66. The van der Waals surface area contributed by atoms with Crippen LogP contribution in [0, 0.1) is 0 Å². The summed E-state index contributed by atoms with van der Waals surface area (Å²) in [5.41, 5.74) is 1.12. The highest BCUT2D eigenvalue weighted by Crippen LogP contribution is 2.34. The van der Waals surface area contributed by atoms with Crippen molar-refractivity contribution in [3.05, 3.63) is 79.1 Å². The zero-order valence-corrected chi connectivity index (χ0v) is 12.6. The minimum absolute atomic E-state index is 0.696. The molecule has 0 amide bonds. The van der Waals surface area contributed by atoms with Gasteiger partial charge in [-0.1, -0.05) is 48.2 Å². The lowest BCUT2D eigenvalue weighted by Gasteiger charge is -2.08. The smallest absolute Gasteiger partial charge is 0.234 e. The molecule has 2 aromatic carbocycles. The van der Waals surface area contributed by atoms with Crippen molar-refractivity contribution in [2.45, 2.75) is 9.92 Å². The first-order chi connectivity index (χ1) is 10.9. The van der Waals surface area contributed by atoms with Crippen molar-refractivity contribution in [3.8, 4) is 5.95 Å². The first kappa shape index (κ1) is 13.1. The van der Waals surface area contributed by atoms with E-state index >= 15 is 0 Å². The van der Waals surface area contributed by atoms with Crippen LogP contribution in [0.1, 0.15) is 0 Å². The summed E-state index contributed by atoms with van der Waals surface area (Å²) in [6.45, 7) is 0. The molecule has 22 heavy (non-hydrogen) atoms. The maximum absolute atomic E-state index is 4.41. The molecule has 0 aliphatic carbocycles. The van der Waals surface area contributed by atoms with Crippen LogP contribution in [0.5, 0.6) is 0 Å². The predicted molar refractivity (Wildman–Crippen MR) is 89.4 cm³/mol. The van der Waals surface area contributed by atoms with E-state index in [1.54, 1.807) is 24.2 Å². The normalized spacial score (nSPS) is 10.9. The lowest BCUT2D eigenvalue weighted by molar-refractivity contribution is 0.887. The molecule has 106 valence electrons. The fraction of sp³-hybridized carbons (Fsp3) is 0. The molecule has 4 rings (SSSR count). The molecule has 0 N–H and O–H groups in total. The fourth-order valence-corrected chi connectivity index (χ4v) is 3.42. The van der Waals surface area contributed by atoms with E-state index in [2.05, 4.69) is 50.9 Å². The summed E-state index contributed by atoms with van der Waals surface area (Å²) in [5.74, 6) is 0.696. The Kier molecular flexibility index (Phi) is 3.37. The van der Waals surface area contributed by atoms with Gasteiger partial charge in [-0.15, -0.1) is 0 Å². The summed E-state index contributed by atoms with van der Waals surface area (Å²) < 4.78 is 2.10. The lowest BCUT2D eigenvalue weighted by Crippen LogP contribution is -2.00. The van der Waals surface area contributed by atoms with Crippen LogP contribution in [0.15, 0.2) is 89.0 Å². The van der Waals surface area contributed by atoms with Gasteiger partial charge in [0, 0.05) is 22.7 Å². The summed E-state index contributed by atoms with van der Waals surface area (Å²) in [7, 11) is 0. The number of para-hydroxylation sites is 1. The van der Waals surface area contributed by atoms with Crippen LogP contribution in [-0.4, -0.2) is 14.5 Å². The van der Waals surface area contributed by atoms with E-state index in [1.807, 2.05) is 30.3 Å². The second-order valence-corrected chi connectivity index (χ2v) is 5.93. The first-order valence-corrected chi connectivity index (χ1v) is 7.84. The molecule has 0 spiro atoms. The molecule has 0 atom stereocenters. The zero-order valence-electron chi connectivity index (χ0n) is 11.8. The van der Waals surface area contributed by atoms with Crippen molar-refractivity contribution in [1.29, 1.82) is 0 Å². The van der Waals surface area contributed by atoms with E-state index in [4.69, 9.17) is 0 Å². The molecule has 2 aromatic heterocycles. The molecule has 3 nitrogen and oxygen atoms in total. The van der Waals surface area contributed by atoms with Crippen LogP contribution in [0.4, 0.5) is 0 Å². The zero-order chi connectivity index (χ0) is 14.8. The van der Waals surface area contributed by atoms with Crippen molar-refractivity contribution in [3.63, 3.8) is 0 Å². The molecule has 0 fully saturated rings. The number of nitrogens with zero attached hydrogens (tertiary/aromatic N) is 3. The number of hydrogen-bond donors (Lipinski definition) is 0. The molecule has 0 aliphatic heterocycles. The third-order valence-corrected chi connectivity index (χ3v) is 4.41. The highest BCUT2D eigenvalue weighted by atomic mass is 32.2. The molecular formula is C18H13N3S. The van der Waals surface area contributed by atoms with Gasteiger partial charge in [0.15, 0.2) is 0 Å². The number of rotatable bonds is 3. The van der Waals surface area contributed by atoms with Gasteiger partial charge < -0.3 is 0 Å². The van der Waals surface area contributed by atoms with Crippen molar-refractivity contribution in [2.75, 3.05) is 0 Å². The minimum atomic E-state index is 0.696. The van der Waals surface area contributed by atoms with Crippen molar-refractivity contribution < 1.29 is 0 Å². The van der Waals surface area contributed by atoms with E-state index in [-0.39, 0.29) is 0 Å². The van der Waals surface area contributed by atoms with Gasteiger partial charge in [0.05, 0.1) is 10.5 Å². The molecule has 0 bridgehead atoms. The van der Waals surface area contributed by atoms with E-state index in [1.165, 1.54) is 10.3 Å². The standard InChI is InChI=1S/C18H13N3S/c1-2-8-15(9-3-1)22-17-13-14-7-4-5-10-16(14)21(17)18-19-11-6-12-20-18/h1-13H. The topological polar surface area (TPSA) is 30.7 Å². The SMILES string of the molecule is c1ccc(Sc2cc3ccccc3n2-c2ncccn2)cc1. The van der Waals surface area contributed by atoms with Crippen LogP contribution in [0.2, 0.25) is 0 Å². The number of aromatic nitrogens is 3. The molecule has 4 heteroatoms. The van der Waals surface area contributed by atoms with Crippen molar-refractivity contribution in [1.82, 2.24) is 14.5 Å². The van der Waals surface area contributed by atoms with Gasteiger partial charge in [-0.25, -0.2) is 9.97 Å². The van der Waals surface area contributed by atoms with Gasteiger partial charge in [-0.3, -0.25) is 4.57 Å². The summed E-state index contributed by atoms with van der Waals surface area (Å²) in [4.78, 5) is 10.0. The Bertz CT molecular complexity index is 901. The molecule has 0 aliphatic rings. The summed E-state index contributed by atoms with van der Waals surface area (Å²) in [6.07, 6.45) is 3.54. The van der Waals surface area contributed by atoms with Gasteiger partial charge in [0.2, 0.25) is 5.95 Å². The van der Waals surface area contributed by atoms with Crippen LogP contribution in [0.25, 0.3) is 16.9 Å². The fourth-order valence-electron chi connectivity index (χ4n) is 2.43. The Morgan fingerprint density at radius 3 is 2.32 bits per heavy atom. The summed E-state index contributed by atoms with van der Waals surface area (Å²) >= 11 is 1.72. The van der Waals surface area contributed by atoms with E-state index in [0.29, 0.717) is 5.95 Å². The Morgan fingerprint density at radius 1 is 0.773 bits per heavy atom. The third kappa shape index (κ3) is 2.38. The molecule has 0 saturated carbocycles. The Labute approximate surface area is 132 Å². The van der Waals surface area contributed by atoms with Gasteiger partial charge in [-0.05, 0) is 30.3 Å². The van der Waals surface area contributed by atoms with Crippen molar-refractivity contribution in [2.24, 2.45) is 0 Å². The quantitative estimate of drug-likeness (QED) is 0.555. The summed E-state index contributed by atoms with van der Waals surface area (Å²) in [6, 6.07) is 22.7. The highest BCUT2D eigenvalue weighted by molar-refractivity contribution is 7.99. The third-order valence-electron chi connectivity index (χ3n) is 3.39. The number of benzene rings is 2. The number of hydrogen-bond acceptors (Lipinski definition) is 3. The Balaban J connectivity index is 1.90. The molecule has 0 unspecified atom stereocenters. The molecule has 0 saturated heterocycles. The Hall–Kier alpha value is -2.59. The predicted octanol–water partition coefficient (Wildman–Crippen LogP) is 4.57. The highest BCUT2D eigenvalue weighted by Gasteiger charge is 2.13. The molecule has 4 aromatic rings. The number of fused-ring (bicyclic) bond motifs is 1. The van der Waals surface area contributed by atoms with Gasteiger partial charge in [0.1, 0.15) is 0 Å². The van der Waals surface area contributed by atoms with Gasteiger partial charge in [-0.2, -0.15) is 0 Å². The van der Waals surface area contributed by atoms with Crippen LogP contribution in [-0.2, 0) is 0 Å². The maximum atomic E-state index is 4.41. The first-order valence-electron chi connectivity index (χ1n) is 7.02.